The molecule has 0 fully saturated rings. The highest BCUT2D eigenvalue weighted by molar-refractivity contribution is 7.13. The molecule has 3 N–H and O–H groups in total. The van der Waals surface area contributed by atoms with Gasteiger partial charge in [-0.1, -0.05) is 47.5 Å². The standard InChI is InChI=1S/C16H11Cl2N3O2S/c17-11-4-2-1-3-10(11)13-8-24-15(20-13)9-5-6-12(18)14(7-9)21(19)16(22)23/h1-8H,19H2,(H,22,23). The minimum absolute atomic E-state index is 0.191. The second-order valence-corrected chi connectivity index (χ2v) is 6.51. The fraction of sp³-hybridized carbons (Fsp3) is 0. The summed E-state index contributed by atoms with van der Waals surface area (Å²) in [6.45, 7) is 0. The summed E-state index contributed by atoms with van der Waals surface area (Å²) in [5.74, 6) is 5.52. The summed E-state index contributed by atoms with van der Waals surface area (Å²) < 4.78 is 0. The third kappa shape index (κ3) is 3.22. The number of carbonyl (C=O) groups is 1. The van der Waals surface area contributed by atoms with Crippen molar-refractivity contribution in [3.05, 3.63) is 57.9 Å². The fourth-order valence-electron chi connectivity index (χ4n) is 2.13. The third-order valence-electron chi connectivity index (χ3n) is 3.31. The molecule has 5 nitrogen and oxygen atoms in total. The number of rotatable bonds is 3. The van der Waals surface area contributed by atoms with Gasteiger partial charge in [0.15, 0.2) is 0 Å². The molecule has 0 bridgehead atoms. The summed E-state index contributed by atoms with van der Waals surface area (Å²) in [5, 5.41) is 13.1. The van der Waals surface area contributed by atoms with Crippen LogP contribution in [0.3, 0.4) is 0 Å². The molecular formula is C16H11Cl2N3O2S. The van der Waals surface area contributed by atoms with Crippen molar-refractivity contribution in [2.45, 2.75) is 0 Å². The Balaban J connectivity index is 2.01. The molecule has 0 saturated carbocycles. The van der Waals surface area contributed by atoms with Gasteiger partial charge in [-0.3, -0.25) is 0 Å². The summed E-state index contributed by atoms with van der Waals surface area (Å²) >= 11 is 13.6. The van der Waals surface area contributed by atoms with E-state index in [4.69, 9.17) is 34.2 Å². The molecule has 2 aromatic carbocycles. The van der Waals surface area contributed by atoms with Gasteiger partial charge >= 0.3 is 6.09 Å². The second-order valence-electron chi connectivity index (χ2n) is 4.84. The lowest BCUT2D eigenvalue weighted by Gasteiger charge is -2.14. The van der Waals surface area contributed by atoms with Gasteiger partial charge in [0, 0.05) is 21.5 Å². The maximum atomic E-state index is 11.0. The largest absolute Gasteiger partial charge is 0.464 e. The highest BCUT2D eigenvalue weighted by Gasteiger charge is 2.16. The number of nitrogens with zero attached hydrogens (tertiary/aromatic N) is 2. The second kappa shape index (κ2) is 6.78. The summed E-state index contributed by atoms with van der Waals surface area (Å²) in [6.07, 6.45) is -1.30. The Hall–Kier alpha value is -2.12. The third-order valence-corrected chi connectivity index (χ3v) is 4.85. The van der Waals surface area contributed by atoms with E-state index < -0.39 is 6.09 Å². The Morgan fingerprint density at radius 2 is 1.92 bits per heavy atom. The number of nitrogens with two attached hydrogens (primary N) is 1. The summed E-state index contributed by atoms with van der Waals surface area (Å²) in [7, 11) is 0. The molecule has 0 aliphatic rings. The lowest BCUT2D eigenvalue weighted by atomic mass is 10.1. The van der Waals surface area contributed by atoms with E-state index >= 15 is 0 Å². The Morgan fingerprint density at radius 1 is 1.17 bits per heavy atom. The van der Waals surface area contributed by atoms with Crippen molar-refractivity contribution in [2.24, 2.45) is 5.84 Å². The van der Waals surface area contributed by atoms with Crippen molar-refractivity contribution in [1.29, 1.82) is 0 Å². The maximum Gasteiger partial charge on any atom is 0.426 e. The zero-order chi connectivity index (χ0) is 17.3. The molecule has 0 spiro atoms. The van der Waals surface area contributed by atoms with Crippen LogP contribution in [0.2, 0.25) is 10.0 Å². The molecule has 122 valence electrons. The summed E-state index contributed by atoms with van der Waals surface area (Å²) in [5.41, 5.74) is 2.49. The van der Waals surface area contributed by atoms with Gasteiger partial charge < -0.3 is 5.11 Å². The van der Waals surface area contributed by atoms with Crippen LogP contribution in [0.25, 0.3) is 21.8 Å². The van der Waals surface area contributed by atoms with Gasteiger partial charge in [-0.25, -0.2) is 20.6 Å². The first-order valence-corrected chi connectivity index (χ1v) is 8.39. The van der Waals surface area contributed by atoms with Crippen LogP contribution >= 0.6 is 34.5 Å². The van der Waals surface area contributed by atoms with Gasteiger partial charge in [0.25, 0.3) is 0 Å². The van der Waals surface area contributed by atoms with Gasteiger partial charge in [-0.15, -0.1) is 11.3 Å². The average Bonchev–Trinajstić information content (AvgIpc) is 3.04. The summed E-state index contributed by atoms with van der Waals surface area (Å²) in [6, 6.07) is 12.4. The van der Waals surface area contributed by atoms with Gasteiger partial charge in [0.1, 0.15) is 5.01 Å². The zero-order valence-electron chi connectivity index (χ0n) is 12.1. The number of aromatic nitrogens is 1. The fourth-order valence-corrected chi connectivity index (χ4v) is 3.39. The van der Waals surface area contributed by atoms with E-state index in [1.54, 1.807) is 24.3 Å². The molecule has 0 radical (unpaired) electrons. The van der Waals surface area contributed by atoms with E-state index in [1.807, 2.05) is 23.6 Å². The quantitative estimate of drug-likeness (QED) is 0.375. The lowest BCUT2D eigenvalue weighted by molar-refractivity contribution is 0.202. The van der Waals surface area contributed by atoms with Crippen LogP contribution in [-0.4, -0.2) is 16.2 Å². The molecule has 24 heavy (non-hydrogen) atoms. The first-order valence-electron chi connectivity index (χ1n) is 6.75. The molecule has 1 aromatic heterocycles. The van der Waals surface area contributed by atoms with Crippen LogP contribution in [0.5, 0.6) is 0 Å². The predicted octanol–water partition coefficient (Wildman–Crippen LogP) is 5.14. The molecule has 1 amide bonds. The van der Waals surface area contributed by atoms with Crippen molar-refractivity contribution in [2.75, 3.05) is 5.01 Å². The molecule has 0 atom stereocenters. The number of halogens is 2. The molecule has 0 aliphatic heterocycles. The first-order chi connectivity index (χ1) is 11.5. The van der Waals surface area contributed by atoms with Gasteiger partial charge in [-0.2, -0.15) is 0 Å². The van der Waals surface area contributed by atoms with E-state index in [1.165, 1.54) is 11.3 Å². The van der Waals surface area contributed by atoms with E-state index in [9.17, 15) is 4.79 Å². The predicted molar refractivity (Wildman–Crippen MR) is 97.7 cm³/mol. The monoisotopic (exact) mass is 379 g/mol. The normalized spacial score (nSPS) is 10.6. The van der Waals surface area contributed by atoms with Crippen LogP contribution in [0, 0.1) is 0 Å². The van der Waals surface area contributed by atoms with Gasteiger partial charge in [0.2, 0.25) is 0 Å². The molecule has 0 saturated heterocycles. The number of hydrazine groups is 1. The summed E-state index contributed by atoms with van der Waals surface area (Å²) in [4.78, 5) is 15.6. The van der Waals surface area contributed by atoms with Crippen LogP contribution < -0.4 is 10.9 Å². The number of benzene rings is 2. The highest BCUT2D eigenvalue weighted by Crippen LogP contribution is 2.35. The van der Waals surface area contributed by atoms with E-state index in [2.05, 4.69) is 4.98 Å². The van der Waals surface area contributed by atoms with E-state index in [-0.39, 0.29) is 10.7 Å². The number of hydrogen-bond acceptors (Lipinski definition) is 4. The van der Waals surface area contributed by atoms with Crippen molar-refractivity contribution in [3.8, 4) is 21.8 Å². The number of hydrogen-bond donors (Lipinski definition) is 2. The minimum Gasteiger partial charge on any atom is -0.464 e. The Bertz CT molecular complexity index is 914. The van der Waals surface area contributed by atoms with Crippen LogP contribution in [0.4, 0.5) is 10.5 Å². The average molecular weight is 380 g/mol. The SMILES string of the molecule is NN(C(=O)O)c1cc(-c2nc(-c3ccccc3Cl)cs2)ccc1Cl. The Kier molecular flexibility index (Phi) is 4.73. The zero-order valence-corrected chi connectivity index (χ0v) is 14.4. The topological polar surface area (TPSA) is 79.5 Å². The van der Waals surface area contributed by atoms with Crippen molar-refractivity contribution in [3.63, 3.8) is 0 Å². The van der Waals surface area contributed by atoms with Gasteiger partial charge in [-0.05, 0) is 18.2 Å². The van der Waals surface area contributed by atoms with Crippen LogP contribution in [-0.2, 0) is 0 Å². The minimum atomic E-state index is -1.30. The molecule has 8 heteroatoms. The van der Waals surface area contributed by atoms with Gasteiger partial charge in [0.05, 0.1) is 16.4 Å². The van der Waals surface area contributed by atoms with Crippen molar-refractivity contribution < 1.29 is 9.90 Å². The lowest BCUT2D eigenvalue weighted by Crippen LogP contribution is -2.36. The first kappa shape index (κ1) is 16.7. The van der Waals surface area contributed by atoms with Crippen LogP contribution in [0.1, 0.15) is 0 Å². The Morgan fingerprint density at radius 3 is 2.62 bits per heavy atom. The van der Waals surface area contributed by atoms with Crippen molar-refractivity contribution >= 4 is 46.3 Å². The van der Waals surface area contributed by atoms with Crippen molar-refractivity contribution in [1.82, 2.24) is 4.98 Å². The smallest absolute Gasteiger partial charge is 0.426 e. The number of amides is 1. The molecular weight excluding hydrogens is 369 g/mol. The maximum absolute atomic E-state index is 11.0. The number of carboxylic acid groups (broad SMARTS) is 1. The molecule has 3 rings (SSSR count). The molecule has 1 heterocycles. The van der Waals surface area contributed by atoms with E-state index in [0.717, 1.165) is 16.8 Å². The molecule has 0 unspecified atom stereocenters. The van der Waals surface area contributed by atoms with E-state index in [0.29, 0.717) is 15.0 Å². The highest BCUT2D eigenvalue weighted by atomic mass is 35.5. The molecule has 0 aliphatic carbocycles. The molecule has 3 aromatic rings. The van der Waals surface area contributed by atoms with Crippen LogP contribution in [0.15, 0.2) is 47.8 Å². The Labute approximate surface area is 151 Å². The number of anilines is 1. The number of thiazole rings is 1.